The molecule has 0 aliphatic heterocycles. The average Bonchev–Trinajstić information content (AvgIpc) is 2.12. The Bertz CT molecular complexity index is 349. The molecule has 114 valence electrons. The lowest BCUT2D eigenvalue weighted by Crippen LogP contribution is -2.00. The number of rotatable bonds is 5. The van der Waals surface area contributed by atoms with Crippen LogP contribution in [0.3, 0.4) is 0 Å². The van der Waals surface area contributed by atoms with Gasteiger partial charge in [0.25, 0.3) is 0 Å². The van der Waals surface area contributed by atoms with Crippen LogP contribution in [0, 0.1) is 0 Å². The molecular weight excluding hydrogens is 288 g/mol. The largest absolute Gasteiger partial charge is 0.481 e. The van der Waals surface area contributed by atoms with Crippen molar-refractivity contribution in [2.24, 2.45) is 0 Å². The molecule has 0 saturated carbocycles. The van der Waals surface area contributed by atoms with E-state index in [1.807, 2.05) is 6.92 Å². The number of aliphatic carboxylic acids is 3. The number of hydrogen-bond donors (Lipinski definition) is 5. The van der Waals surface area contributed by atoms with Crippen molar-refractivity contribution in [3.63, 3.8) is 0 Å². The highest BCUT2D eigenvalue weighted by Crippen LogP contribution is 1.86. The van der Waals surface area contributed by atoms with E-state index in [-0.39, 0.29) is 12.8 Å². The molecule has 0 rings (SSSR count). The summed E-state index contributed by atoms with van der Waals surface area (Å²) in [7, 11) is -4.67. The predicted octanol–water partition coefficient (Wildman–Crippen LogP) is 0.154. The molecule has 0 bridgehead atoms. The predicted molar refractivity (Wildman–Crippen MR) is 61.2 cm³/mol. The highest BCUT2D eigenvalue weighted by Gasteiger charge is 2.00. The van der Waals surface area contributed by atoms with Crippen LogP contribution in [0.4, 0.5) is 0 Å². The number of carbonyl (C=O) groups is 3. The van der Waals surface area contributed by atoms with Gasteiger partial charge in [-0.3, -0.25) is 23.5 Å². The lowest BCUT2D eigenvalue weighted by atomic mass is 10.3. The fraction of sp³-hybridized carbons (Fsp3) is 0.625. The third-order valence-corrected chi connectivity index (χ3v) is 1.02. The van der Waals surface area contributed by atoms with Crippen molar-refractivity contribution in [3.8, 4) is 0 Å². The van der Waals surface area contributed by atoms with Gasteiger partial charge in [-0.05, 0) is 6.42 Å². The summed E-state index contributed by atoms with van der Waals surface area (Å²) < 4.78 is 31.6. The minimum Gasteiger partial charge on any atom is -0.481 e. The molecule has 11 heteroatoms. The fourth-order valence-electron chi connectivity index (χ4n) is 0.428. The van der Waals surface area contributed by atoms with E-state index in [0.717, 1.165) is 6.42 Å². The molecule has 0 saturated heterocycles. The first-order chi connectivity index (χ1) is 8.40. The second kappa shape index (κ2) is 12.7. The maximum atomic E-state index is 9.64. The standard InChI is InChI=1S/C4H6O4.C4H8O2.H2O4S/c5-3(6)1-2-4(7)8;1-2-3-4(5)6;1-5(2,3)4/h1-2H2,(H,5,6)(H,7,8);2-3H2,1H3,(H,5,6);(H2,1,2,3,4). The van der Waals surface area contributed by atoms with Gasteiger partial charge in [-0.1, -0.05) is 6.92 Å². The first kappa shape index (κ1) is 22.5. The van der Waals surface area contributed by atoms with Crippen LogP contribution in [-0.4, -0.2) is 50.8 Å². The zero-order valence-corrected chi connectivity index (χ0v) is 10.8. The maximum Gasteiger partial charge on any atom is 0.394 e. The van der Waals surface area contributed by atoms with Crippen LogP contribution >= 0.6 is 0 Å². The summed E-state index contributed by atoms with van der Waals surface area (Å²) in [5.41, 5.74) is 0. The fourth-order valence-corrected chi connectivity index (χ4v) is 0.428. The molecule has 0 aromatic rings. The van der Waals surface area contributed by atoms with Gasteiger partial charge in [-0.25, -0.2) is 0 Å². The molecule has 0 radical (unpaired) electrons. The van der Waals surface area contributed by atoms with E-state index in [0.29, 0.717) is 6.42 Å². The molecule has 10 nitrogen and oxygen atoms in total. The normalized spacial score (nSPS) is 9.21. The topological polar surface area (TPSA) is 186 Å². The second-order valence-corrected chi connectivity index (χ2v) is 3.77. The molecule has 19 heavy (non-hydrogen) atoms. The molecule has 0 spiro atoms. The van der Waals surface area contributed by atoms with Crippen LogP contribution in [0.5, 0.6) is 0 Å². The minimum atomic E-state index is -4.67. The monoisotopic (exact) mass is 304 g/mol. The Hall–Kier alpha value is -1.72. The quantitative estimate of drug-likeness (QED) is 0.437. The average molecular weight is 304 g/mol. The van der Waals surface area contributed by atoms with Crippen LogP contribution < -0.4 is 0 Å². The zero-order valence-electron chi connectivity index (χ0n) is 10.0. The Morgan fingerprint density at radius 1 is 0.789 bits per heavy atom. The summed E-state index contributed by atoms with van der Waals surface area (Å²) in [5.74, 6) is -2.86. The SMILES string of the molecule is CCCC(=O)O.O=C(O)CCC(=O)O.O=S(=O)(O)O. The summed E-state index contributed by atoms with van der Waals surface area (Å²) in [5, 5.41) is 23.7. The Balaban J connectivity index is -0.000000209. The maximum absolute atomic E-state index is 9.64. The first-order valence-corrected chi connectivity index (χ1v) is 6.15. The van der Waals surface area contributed by atoms with Crippen molar-refractivity contribution in [1.82, 2.24) is 0 Å². The summed E-state index contributed by atoms with van der Waals surface area (Å²) in [6, 6.07) is 0. The van der Waals surface area contributed by atoms with Crippen molar-refractivity contribution >= 4 is 28.3 Å². The van der Waals surface area contributed by atoms with E-state index in [2.05, 4.69) is 0 Å². The minimum absolute atomic E-state index is 0.292. The Labute approximate surface area is 109 Å². The van der Waals surface area contributed by atoms with Crippen LogP contribution in [0.15, 0.2) is 0 Å². The lowest BCUT2D eigenvalue weighted by molar-refractivity contribution is -0.143. The molecule has 0 aromatic heterocycles. The summed E-state index contributed by atoms with van der Waals surface area (Å²) >= 11 is 0. The van der Waals surface area contributed by atoms with Crippen molar-refractivity contribution < 1.29 is 47.2 Å². The third kappa shape index (κ3) is 84.2. The first-order valence-electron chi connectivity index (χ1n) is 4.75. The zero-order chi connectivity index (χ0) is 16.1. The van der Waals surface area contributed by atoms with Crippen molar-refractivity contribution in [2.45, 2.75) is 32.6 Å². The number of hydrogen-bond acceptors (Lipinski definition) is 5. The molecule has 0 unspecified atom stereocenters. The van der Waals surface area contributed by atoms with Gasteiger partial charge in [0.15, 0.2) is 0 Å². The van der Waals surface area contributed by atoms with E-state index in [4.69, 9.17) is 32.8 Å². The molecule has 5 N–H and O–H groups in total. The van der Waals surface area contributed by atoms with Crippen molar-refractivity contribution in [3.05, 3.63) is 0 Å². The van der Waals surface area contributed by atoms with Gasteiger partial charge >= 0.3 is 28.3 Å². The van der Waals surface area contributed by atoms with Gasteiger partial charge in [0.05, 0.1) is 12.8 Å². The molecule has 0 aliphatic carbocycles. The summed E-state index contributed by atoms with van der Waals surface area (Å²) in [4.78, 5) is 28.9. The Kier molecular flexibility index (Phi) is 15.0. The van der Waals surface area contributed by atoms with Crippen molar-refractivity contribution in [2.75, 3.05) is 0 Å². The molecule has 0 amide bonds. The molecule has 0 aromatic carbocycles. The highest BCUT2D eigenvalue weighted by molar-refractivity contribution is 7.79. The van der Waals surface area contributed by atoms with Gasteiger partial charge in [-0.2, -0.15) is 8.42 Å². The molecule has 0 fully saturated rings. The van der Waals surface area contributed by atoms with E-state index in [1.54, 1.807) is 0 Å². The van der Waals surface area contributed by atoms with Gasteiger partial charge in [0.2, 0.25) is 0 Å². The smallest absolute Gasteiger partial charge is 0.394 e. The van der Waals surface area contributed by atoms with E-state index >= 15 is 0 Å². The van der Waals surface area contributed by atoms with Crippen LogP contribution in [-0.2, 0) is 24.8 Å². The molecule has 0 atom stereocenters. The molecular formula is C8H16O10S. The van der Waals surface area contributed by atoms with Crippen LogP contribution in [0.2, 0.25) is 0 Å². The van der Waals surface area contributed by atoms with E-state index < -0.39 is 28.3 Å². The van der Waals surface area contributed by atoms with Gasteiger partial charge < -0.3 is 15.3 Å². The highest BCUT2D eigenvalue weighted by atomic mass is 32.3. The lowest BCUT2D eigenvalue weighted by Gasteiger charge is -1.85. The third-order valence-electron chi connectivity index (χ3n) is 1.02. The summed E-state index contributed by atoms with van der Waals surface area (Å²) in [6.07, 6.45) is 0.431. The van der Waals surface area contributed by atoms with Gasteiger partial charge in [0.1, 0.15) is 0 Å². The van der Waals surface area contributed by atoms with Crippen LogP contribution in [0.1, 0.15) is 32.6 Å². The van der Waals surface area contributed by atoms with Gasteiger partial charge in [-0.15, -0.1) is 0 Å². The number of carboxylic acid groups (broad SMARTS) is 3. The Morgan fingerprint density at radius 2 is 1.00 bits per heavy atom. The van der Waals surface area contributed by atoms with Gasteiger partial charge in [0, 0.05) is 6.42 Å². The van der Waals surface area contributed by atoms with Crippen molar-refractivity contribution in [1.29, 1.82) is 0 Å². The summed E-state index contributed by atoms with van der Waals surface area (Å²) in [6.45, 7) is 1.84. The van der Waals surface area contributed by atoms with E-state index in [1.165, 1.54) is 0 Å². The second-order valence-electron chi connectivity index (χ2n) is 2.88. The number of carboxylic acids is 3. The Morgan fingerprint density at radius 3 is 1.05 bits per heavy atom. The molecule has 0 heterocycles. The molecule has 0 aliphatic rings. The van der Waals surface area contributed by atoms with Crippen LogP contribution in [0.25, 0.3) is 0 Å². The van der Waals surface area contributed by atoms with E-state index in [9.17, 15) is 14.4 Å².